The van der Waals surface area contributed by atoms with Crippen molar-refractivity contribution in [1.29, 1.82) is 0 Å². The number of allylic oxidation sites excluding steroid dienone is 1. The molecule has 3 N–H and O–H groups in total. The van der Waals surface area contributed by atoms with E-state index in [2.05, 4.69) is 20.3 Å². The van der Waals surface area contributed by atoms with E-state index in [-0.39, 0.29) is 43.0 Å². The molecule has 57 heavy (non-hydrogen) atoms. The van der Waals surface area contributed by atoms with E-state index in [0.717, 1.165) is 6.42 Å². The zero-order valence-corrected chi connectivity index (χ0v) is 32.3. The Bertz CT molecular complexity index is 2450. The Kier molecular flexibility index (Phi) is 9.81. The number of aryl methyl sites for hydroxylation is 1. The summed E-state index contributed by atoms with van der Waals surface area (Å²) in [5.41, 5.74) is -1.38. The van der Waals surface area contributed by atoms with E-state index in [4.69, 9.17) is 9.15 Å². The van der Waals surface area contributed by atoms with Crippen LogP contribution in [-0.4, -0.2) is 76.9 Å². The summed E-state index contributed by atoms with van der Waals surface area (Å²) >= 11 is 0. The van der Waals surface area contributed by atoms with Crippen LogP contribution in [0.2, 0.25) is 0 Å². The average molecular weight is 804 g/mol. The molecule has 13 nitrogen and oxygen atoms in total. The van der Waals surface area contributed by atoms with Crippen LogP contribution in [0.5, 0.6) is 5.88 Å². The molecule has 0 unspecified atom stereocenters. The molecule has 1 saturated heterocycles. The van der Waals surface area contributed by atoms with Gasteiger partial charge in [0.1, 0.15) is 41.1 Å². The molecule has 0 bridgehead atoms. The fraction of sp³-hybridized carbons (Fsp3) is 0.439. The SMILES string of the molecule is Cc1ccc(C(=O)N[C@H]2CCCCC/C=C\[C@@H]3C[C@@]3(C(=O)NS(=O)(=O)C3(C)CC3)NC(=O)[C@@H]3C[C@@H](Oc4nc5cc(F)ccc5c5cc(F)ccc45)CN3C2=O)o1. The van der Waals surface area contributed by atoms with E-state index in [1.807, 2.05) is 12.2 Å². The second-order valence-electron chi connectivity index (χ2n) is 15.9. The minimum absolute atomic E-state index is 0.0168. The van der Waals surface area contributed by atoms with Gasteiger partial charge in [0.15, 0.2) is 5.76 Å². The van der Waals surface area contributed by atoms with Gasteiger partial charge in [-0.3, -0.25) is 23.9 Å². The van der Waals surface area contributed by atoms with Crippen molar-refractivity contribution in [3.8, 4) is 5.88 Å². The van der Waals surface area contributed by atoms with Crippen molar-refractivity contribution >= 4 is 55.3 Å². The molecular formula is C41H43F2N5O8S. The van der Waals surface area contributed by atoms with Crippen molar-refractivity contribution in [2.24, 2.45) is 5.92 Å². The van der Waals surface area contributed by atoms with Gasteiger partial charge < -0.3 is 24.7 Å². The molecule has 2 aliphatic carbocycles. The number of sulfonamides is 1. The van der Waals surface area contributed by atoms with Gasteiger partial charge in [-0.15, -0.1) is 0 Å². The number of fused-ring (bicyclic) bond motifs is 5. The van der Waals surface area contributed by atoms with Crippen LogP contribution < -0.4 is 20.1 Å². The van der Waals surface area contributed by atoms with Crippen LogP contribution in [-0.2, 0) is 24.4 Å². The largest absolute Gasteiger partial charge is 0.472 e. The number of nitrogens with zero attached hydrogens (tertiary/aromatic N) is 2. The molecular weight excluding hydrogens is 761 g/mol. The average Bonchev–Trinajstić information content (AvgIpc) is 3.96. The quantitative estimate of drug-likeness (QED) is 0.169. The van der Waals surface area contributed by atoms with E-state index in [1.54, 1.807) is 19.9 Å². The number of carbonyl (C=O) groups excluding carboxylic acids is 4. The lowest BCUT2D eigenvalue weighted by atomic mass is 10.0. The third-order valence-corrected chi connectivity index (χ3v) is 13.9. The van der Waals surface area contributed by atoms with Crippen LogP contribution in [0.3, 0.4) is 0 Å². The maximum Gasteiger partial charge on any atom is 0.287 e. The number of amides is 4. The third-order valence-electron chi connectivity index (χ3n) is 11.7. The van der Waals surface area contributed by atoms with E-state index in [1.165, 1.54) is 47.4 Å². The molecule has 0 spiro atoms. The predicted octanol–water partition coefficient (Wildman–Crippen LogP) is 5.11. The monoisotopic (exact) mass is 803 g/mol. The number of ether oxygens (including phenoxy) is 1. The number of hydrogen-bond donors (Lipinski definition) is 3. The lowest BCUT2D eigenvalue weighted by Gasteiger charge is -2.30. The molecule has 300 valence electrons. The number of halogens is 2. The summed E-state index contributed by atoms with van der Waals surface area (Å²) in [6.45, 7) is 3.10. The second kappa shape index (κ2) is 14.5. The Morgan fingerprint density at radius 2 is 1.75 bits per heavy atom. The van der Waals surface area contributed by atoms with E-state index in [9.17, 15) is 36.4 Å². The van der Waals surface area contributed by atoms with Gasteiger partial charge in [-0.1, -0.05) is 25.0 Å². The first kappa shape index (κ1) is 38.5. The van der Waals surface area contributed by atoms with Crippen LogP contribution >= 0.6 is 0 Å². The maximum atomic E-state index is 14.6. The first-order valence-electron chi connectivity index (χ1n) is 19.2. The predicted molar refractivity (Wildman–Crippen MR) is 204 cm³/mol. The van der Waals surface area contributed by atoms with Crippen LogP contribution in [0.4, 0.5) is 8.78 Å². The summed E-state index contributed by atoms with van der Waals surface area (Å²) in [6.07, 6.45) is 6.66. The summed E-state index contributed by atoms with van der Waals surface area (Å²) in [5.74, 6) is -3.76. The van der Waals surface area contributed by atoms with Crippen LogP contribution in [0.25, 0.3) is 21.7 Å². The summed E-state index contributed by atoms with van der Waals surface area (Å²) in [5, 5.41) is 6.97. The highest BCUT2D eigenvalue weighted by Crippen LogP contribution is 2.47. The van der Waals surface area contributed by atoms with Crippen molar-refractivity contribution in [2.45, 2.75) is 100 Å². The van der Waals surface area contributed by atoms with Crippen molar-refractivity contribution in [3.05, 3.63) is 83.8 Å². The van der Waals surface area contributed by atoms with Crippen LogP contribution in [0.15, 0.2) is 65.1 Å². The number of furan rings is 1. The van der Waals surface area contributed by atoms with E-state index in [0.29, 0.717) is 54.0 Å². The smallest absolute Gasteiger partial charge is 0.287 e. The van der Waals surface area contributed by atoms with Gasteiger partial charge >= 0.3 is 0 Å². The molecule has 16 heteroatoms. The van der Waals surface area contributed by atoms with Crippen molar-refractivity contribution in [3.63, 3.8) is 0 Å². The molecule has 2 aromatic heterocycles. The lowest BCUT2D eigenvalue weighted by molar-refractivity contribution is -0.141. The first-order valence-corrected chi connectivity index (χ1v) is 20.7. The van der Waals surface area contributed by atoms with Crippen molar-refractivity contribution in [1.82, 2.24) is 25.2 Å². The summed E-state index contributed by atoms with van der Waals surface area (Å²) in [7, 11) is -4.04. The molecule has 2 aromatic carbocycles. The maximum absolute atomic E-state index is 14.6. The zero-order valence-electron chi connectivity index (χ0n) is 31.5. The topological polar surface area (TPSA) is 177 Å². The lowest BCUT2D eigenvalue weighted by Crippen LogP contribution is -2.58. The summed E-state index contributed by atoms with van der Waals surface area (Å²) in [6, 6.07) is 8.80. The van der Waals surface area contributed by atoms with Crippen molar-refractivity contribution < 1.29 is 45.5 Å². The van der Waals surface area contributed by atoms with Gasteiger partial charge in [-0.2, -0.15) is 0 Å². The Labute approximate surface area is 327 Å². The molecule has 8 rings (SSSR count). The molecule has 0 radical (unpaired) electrons. The van der Waals surface area contributed by atoms with Crippen LogP contribution in [0.1, 0.15) is 81.0 Å². The van der Waals surface area contributed by atoms with Crippen molar-refractivity contribution in [2.75, 3.05) is 6.54 Å². The van der Waals surface area contributed by atoms with Gasteiger partial charge in [0.2, 0.25) is 27.7 Å². The molecule has 4 aliphatic rings. The third kappa shape index (κ3) is 7.46. The van der Waals surface area contributed by atoms with E-state index < -0.39 is 79.7 Å². The highest BCUT2D eigenvalue weighted by atomic mass is 32.2. The van der Waals surface area contributed by atoms with E-state index >= 15 is 0 Å². The highest BCUT2D eigenvalue weighted by molar-refractivity contribution is 7.91. The minimum Gasteiger partial charge on any atom is -0.472 e. The number of carbonyl (C=O) groups is 4. The Morgan fingerprint density at radius 3 is 2.49 bits per heavy atom. The molecule has 5 atom stereocenters. The fourth-order valence-electron chi connectivity index (χ4n) is 7.90. The standard InChI is InChI=1S/C41H43F2N5O8S/c1-23-10-15-34(55-23)36(50)44-31-9-7-5-3-4-6-8-24-21-41(24,39(52)47-57(53,54)40(2)16-17-40)46-35(49)33-20-27(22-48(33)38(31)51)56-37-29-14-12-25(42)18-30(29)28-13-11-26(43)19-32(28)45-37/h6,8,10-15,18-19,24,27,31,33H,3-5,7,9,16-17,20-22H2,1-2H3,(H,44,50)(H,46,49)(H,47,52)/b8-6-/t24-,27-,31+,33+,41-/m1/s1. The number of nitrogens with one attached hydrogen (secondary N) is 3. The summed E-state index contributed by atoms with van der Waals surface area (Å²) < 4.78 is 68.3. The molecule has 3 fully saturated rings. The van der Waals surface area contributed by atoms with Gasteiger partial charge in [0.05, 0.1) is 16.8 Å². The number of pyridine rings is 1. The number of aromatic nitrogens is 1. The van der Waals surface area contributed by atoms with Crippen LogP contribution in [0, 0.1) is 24.5 Å². The second-order valence-corrected chi connectivity index (χ2v) is 18.1. The number of benzene rings is 2. The van der Waals surface area contributed by atoms with Gasteiger partial charge in [-0.25, -0.2) is 22.2 Å². The Balaban J connectivity index is 1.14. The Hall–Kier alpha value is -5.38. The number of rotatable bonds is 7. The summed E-state index contributed by atoms with van der Waals surface area (Å²) in [4.78, 5) is 62.2. The van der Waals surface area contributed by atoms with Gasteiger partial charge in [-0.05, 0) is 100 Å². The number of hydrogen-bond acceptors (Lipinski definition) is 9. The zero-order chi connectivity index (χ0) is 40.3. The highest BCUT2D eigenvalue weighted by Gasteiger charge is 2.63. The first-order chi connectivity index (χ1) is 27.2. The molecule has 2 saturated carbocycles. The van der Waals surface area contributed by atoms with Gasteiger partial charge in [0.25, 0.3) is 11.8 Å². The fourth-order valence-corrected chi connectivity index (χ4v) is 9.21. The van der Waals surface area contributed by atoms with Gasteiger partial charge in [0, 0.05) is 29.2 Å². The minimum atomic E-state index is -4.04. The molecule has 4 aromatic rings. The molecule has 4 amide bonds. The molecule has 4 heterocycles. The normalized spacial score (nSPS) is 26.7. The molecule has 2 aliphatic heterocycles. The Morgan fingerprint density at radius 1 is 1.00 bits per heavy atom.